The second-order valence-electron chi connectivity index (χ2n) is 7.07. The summed E-state index contributed by atoms with van der Waals surface area (Å²) in [5.74, 6) is 1.05. The monoisotopic (exact) mass is 332 g/mol. The number of hydrogen-bond acceptors (Lipinski definition) is 3. The Morgan fingerprint density at radius 1 is 1.33 bits per heavy atom. The summed E-state index contributed by atoms with van der Waals surface area (Å²) in [5.41, 5.74) is 7.18. The molecule has 0 saturated heterocycles. The Balaban J connectivity index is 2.12. The van der Waals surface area contributed by atoms with Crippen molar-refractivity contribution in [3.05, 3.63) is 29.8 Å². The van der Waals surface area contributed by atoms with Crippen LogP contribution in [0.1, 0.15) is 64.0 Å². The lowest BCUT2D eigenvalue weighted by Crippen LogP contribution is -2.41. The van der Waals surface area contributed by atoms with Crippen LogP contribution in [0.5, 0.6) is 5.75 Å². The number of benzene rings is 1. The lowest BCUT2D eigenvalue weighted by Gasteiger charge is -2.38. The van der Waals surface area contributed by atoms with E-state index >= 15 is 0 Å². The van der Waals surface area contributed by atoms with Gasteiger partial charge in [0.25, 0.3) is 0 Å². The maximum absolute atomic E-state index is 13.0. The molecule has 0 bridgehead atoms. The highest BCUT2D eigenvalue weighted by Crippen LogP contribution is 2.39. The summed E-state index contributed by atoms with van der Waals surface area (Å²) < 4.78 is 5.31. The molecule has 1 aliphatic rings. The van der Waals surface area contributed by atoms with Gasteiger partial charge in [-0.05, 0) is 56.3 Å². The highest BCUT2D eigenvalue weighted by Gasteiger charge is 2.35. The van der Waals surface area contributed by atoms with Gasteiger partial charge in [-0.2, -0.15) is 0 Å². The van der Waals surface area contributed by atoms with E-state index in [1.54, 1.807) is 7.11 Å². The molecule has 1 saturated carbocycles. The van der Waals surface area contributed by atoms with Gasteiger partial charge in [-0.1, -0.05) is 31.4 Å². The molecule has 0 aromatic heterocycles. The molecular weight excluding hydrogens is 300 g/mol. The molecule has 0 radical (unpaired) electrons. The minimum Gasteiger partial charge on any atom is -0.497 e. The van der Waals surface area contributed by atoms with Crippen molar-refractivity contribution in [1.29, 1.82) is 0 Å². The largest absolute Gasteiger partial charge is 0.497 e. The van der Waals surface area contributed by atoms with Crippen LogP contribution < -0.4 is 10.5 Å². The zero-order valence-electron chi connectivity index (χ0n) is 15.4. The van der Waals surface area contributed by atoms with Crippen molar-refractivity contribution in [1.82, 2.24) is 4.90 Å². The van der Waals surface area contributed by atoms with Crippen molar-refractivity contribution in [2.45, 2.75) is 58.4 Å². The van der Waals surface area contributed by atoms with Crippen LogP contribution in [0.2, 0.25) is 0 Å². The van der Waals surface area contributed by atoms with E-state index < -0.39 is 0 Å². The number of carbonyl (C=O) groups excluding carboxylic acids is 1. The fourth-order valence-electron chi connectivity index (χ4n) is 3.92. The maximum atomic E-state index is 13.0. The van der Waals surface area contributed by atoms with Crippen molar-refractivity contribution in [2.24, 2.45) is 11.1 Å². The first kappa shape index (κ1) is 18.8. The molecule has 4 heteroatoms. The summed E-state index contributed by atoms with van der Waals surface area (Å²) in [6, 6.07) is 8.02. The standard InChI is InChI=1S/C20H32N2O2/c1-4-22(16(2)17-9-8-10-18(13-17)24-3)19(23)14-20(15-21)11-6-5-7-12-20/h8-10,13,16H,4-7,11-12,14-15,21H2,1-3H3. The number of nitrogens with two attached hydrogens (primary N) is 1. The van der Waals surface area contributed by atoms with Gasteiger partial charge in [0.05, 0.1) is 13.2 Å². The van der Waals surface area contributed by atoms with Gasteiger partial charge in [0.15, 0.2) is 0 Å². The number of ether oxygens (including phenoxy) is 1. The molecule has 1 aliphatic carbocycles. The van der Waals surface area contributed by atoms with Gasteiger partial charge in [-0.3, -0.25) is 4.79 Å². The third-order valence-corrected chi connectivity index (χ3v) is 5.58. The maximum Gasteiger partial charge on any atom is 0.223 e. The Hall–Kier alpha value is -1.55. The fourth-order valence-corrected chi connectivity index (χ4v) is 3.92. The minimum absolute atomic E-state index is 0.0108. The molecule has 1 amide bonds. The predicted molar refractivity (Wildman–Crippen MR) is 98.0 cm³/mol. The Bertz CT molecular complexity index is 538. The Kier molecular flexibility index (Phi) is 6.67. The van der Waals surface area contributed by atoms with Crippen LogP contribution in [-0.2, 0) is 4.79 Å². The molecule has 24 heavy (non-hydrogen) atoms. The van der Waals surface area contributed by atoms with E-state index in [4.69, 9.17) is 10.5 Å². The van der Waals surface area contributed by atoms with E-state index in [9.17, 15) is 4.79 Å². The van der Waals surface area contributed by atoms with Gasteiger partial charge in [-0.25, -0.2) is 0 Å². The molecule has 0 spiro atoms. The van der Waals surface area contributed by atoms with E-state index in [1.165, 1.54) is 19.3 Å². The van der Waals surface area contributed by atoms with Crippen LogP contribution in [0.4, 0.5) is 0 Å². The van der Waals surface area contributed by atoms with Crippen molar-refractivity contribution < 1.29 is 9.53 Å². The number of methoxy groups -OCH3 is 1. The molecule has 134 valence electrons. The van der Waals surface area contributed by atoms with Crippen LogP contribution >= 0.6 is 0 Å². The van der Waals surface area contributed by atoms with Crippen LogP contribution in [0.15, 0.2) is 24.3 Å². The fraction of sp³-hybridized carbons (Fsp3) is 0.650. The molecule has 4 nitrogen and oxygen atoms in total. The number of hydrogen-bond donors (Lipinski definition) is 1. The molecule has 1 aromatic rings. The molecule has 1 unspecified atom stereocenters. The van der Waals surface area contributed by atoms with Gasteiger partial charge in [0, 0.05) is 13.0 Å². The second kappa shape index (κ2) is 8.52. The summed E-state index contributed by atoms with van der Waals surface area (Å²) in [6.07, 6.45) is 6.41. The lowest BCUT2D eigenvalue weighted by molar-refractivity contribution is -0.136. The molecule has 2 rings (SSSR count). The van der Waals surface area contributed by atoms with E-state index in [0.717, 1.165) is 24.2 Å². The third-order valence-electron chi connectivity index (χ3n) is 5.58. The Labute approximate surface area is 146 Å². The van der Waals surface area contributed by atoms with Gasteiger partial charge < -0.3 is 15.4 Å². The summed E-state index contributed by atoms with van der Waals surface area (Å²) in [4.78, 5) is 15.0. The highest BCUT2D eigenvalue weighted by atomic mass is 16.5. The molecule has 1 atom stereocenters. The number of nitrogens with zero attached hydrogens (tertiary/aromatic N) is 1. The minimum atomic E-state index is 0.0108. The molecule has 1 aromatic carbocycles. The molecular formula is C20H32N2O2. The molecule has 0 aliphatic heterocycles. The summed E-state index contributed by atoms with van der Waals surface area (Å²) in [7, 11) is 1.67. The molecule has 0 heterocycles. The van der Waals surface area contributed by atoms with E-state index in [2.05, 4.69) is 13.0 Å². The average molecular weight is 332 g/mol. The van der Waals surface area contributed by atoms with Gasteiger partial charge in [-0.15, -0.1) is 0 Å². The van der Waals surface area contributed by atoms with E-state index in [-0.39, 0.29) is 17.4 Å². The Morgan fingerprint density at radius 3 is 2.62 bits per heavy atom. The normalized spacial score (nSPS) is 18.0. The smallest absolute Gasteiger partial charge is 0.223 e. The van der Waals surface area contributed by atoms with Gasteiger partial charge >= 0.3 is 0 Å². The van der Waals surface area contributed by atoms with Crippen molar-refractivity contribution >= 4 is 5.91 Å². The van der Waals surface area contributed by atoms with Crippen LogP contribution in [0.25, 0.3) is 0 Å². The first-order valence-electron chi connectivity index (χ1n) is 9.19. The summed E-state index contributed by atoms with van der Waals surface area (Å²) in [5, 5.41) is 0. The molecule has 2 N–H and O–H groups in total. The van der Waals surface area contributed by atoms with Gasteiger partial charge in [0.1, 0.15) is 5.75 Å². The zero-order valence-corrected chi connectivity index (χ0v) is 15.4. The number of amides is 1. The van der Waals surface area contributed by atoms with Crippen LogP contribution in [-0.4, -0.2) is 31.0 Å². The van der Waals surface area contributed by atoms with Crippen LogP contribution in [0.3, 0.4) is 0 Å². The third kappa shape index (κ3) is 4.29. The first-order valence-corrected chi connectivity index (χ1v) is 9.19. The van der Waals surface area contributed by atoms with E-state index in [1.807, 2.05) is 30.0 Å². The van der Waals surface area contributed by atoms with Crippen molar-refractivity contribution in [3.8, 4) is 5.75 Å². The number of rotatable bonds is 7. The summed E-state index contributed by atoms with van der Waals surface area (Å²) >= 11 is 0. The SMILES string of the molecule is CCN(C(=O)CC1(CN)CCCCC1)C(C)c1cccc(OC)c1. The molecule has 1 fully saturated rings. The highest BCUT2D eigenvalue weighted by molar-refractivity contribution is 5.77. The van der Waals surface area contributed by atoms with Crippen molar-refractivity contribution in [3.63, 3.8) is 0 Å². The number of carbonyl (C=O) groups is 1. The topological polar surface area (TPSA) is 55.6 Å². The van der Waals surface area contributed by atoms with Crippen molar-refractivity contribution in [2.75, 3.05) is 20.2 Å². The van der Waals surface area contributed by atoms with Gasteiger partial charge in [0.2, 0.25) is 5.91 Å². The quantitative estimate of drug-likeness (QED) is 0.824. The van der Waals surface area contributed by atoms with Crippen LogP contribution in [0, 0.1) is 5.41 Å². The predicted octanol–water partition coefficient (Wildman–Crippen LogP) is 3.90. The second-order valence-corrected chi connectivity index (χ2v) is 7.07. The van der Waals surface area contributed by atoms with E-state index in [0.29, 0.717) is 19.5 Å². The average Bonchev–Trinajstić information content (AvgIpc) is 2.63. The zero-order chi connectivity index (χ0) is 17.6. The lowest BCUT2D eigenvalue weighted by atomic mass is 9.71. The Morgan fingerprint density at radius 2 is 2.04 bits per heavy atom. The summed E-state index contributed by atoms with van der Waals surface area (Å²) in [6.45, 7) is 5.46. The first-order chi connectivity index (χ1) is 11.5.